The molecule has 0 spiro atoms. The lowest BCUT2D eigenvalue weighted by Crippen LogP contribution is -2.28. The highest BCUT2D eigenvalue weighted by atomic mass is 15.4. The number of aryl methyl sites for hydroxylation is 1. The maximum Gasteiger partial charge on any atom is 0.225 e. The van der Waals surface area contributed by atoms with E-state index in [1.165, 1.54) is 12.8 Å². The predicted octanol–water partition coefficient (Wildman–Crippen LogP) is 2.84. The van der Waals surface area contributed by atoms with Gasteiger partial charge in [0, 0.05) is 43.9 Å². The number of hydrogen-bond donors (Lipinski definition) is 1. The van der Waals surface area contributed by atoms with Crippen molar-refractivity contribution < 1.29 is 0 Å². The third kappa shape index (κ3) is 3.37. The van der Waals surface area contributed by atoms with Gasteiger partial charge in [0.15, 0.2) is 5.82 Å². The van der Waals surface area contributed by atoms with Crippen LogP contribution in [0.25, 0.3) is 11.3 Å². The second-order valence-electron chi connectivity index (χ2n) is 7.38. The summed E-state index contributed by atoms with van der Waals surface area (Å²) < 4.78 is 1.86. The third-order valence-electron chi connectivity index (χ3n) is 5.24. The Labute approximate surface area is 158 Å². The summed E-state index contributed by atoms with van der Waals surface area (Å²) >= 11 is 0. The highest BCUT2D eigenvalue weighted by molar-refractivity contribution is 5.60. The molecule has 0 radical (unpaired) electrons. The van der Waals surface area contributed by atoms with E-state index in [0.29, 0.717) is 12.0 Å². The summed E-state index contributed by atoms with van der Waals surface area (Å²) in [7, 11) is 1.96. The van der Waals surface area contributed by atoms with E-state index in [4.69, 9.17) is 4.98 Å². The molecule has 1 aromatic carbocycles. The Bertz CT molecular complexity index is 933. The van der Waals surface area contributed by atoms with Crippen LogP contribution in [0.15, 0.2) is 42.6 Å². The van der Waals surface area contributed by atoms with Gasteiger partial charge in [-0.3, -0.25) is 0 Å². The van der Waals surface area contributed by atoms with Gasteiger partial charge in [0.25, 0.3) is 0 Å². The van der Waals surface area contributed by atoms with Crippen molar-refractivity contribution >= 4 is 11.9 Å². The summed E-state index contributed by atoms with van der Waals surface area (Å²) in [5.41, 5.74) is 2.07. The molecule has 2 aliphatic rings. The highest BCUT2D eigenvalue weighted by Crippen LogP contribution is 2.38. The second kappa shape index (κ2) is 6.64. The average molecular weight is 361 g/mol. The zero-order valence-electron chi connectivity index (χ0n) is 15.4. The first-order valence-corrected chi connectivity index (χ1v) is 9.57. The van der Waals surface area contributed by atoms with Crippen molar-refractivity contribution in [2.75, 3.05) is 23.3 Å². The van der Waals surface area contributed by atoms with Gasteiger partial charge in [-0.15, -0.1) is 0 Å². The molecule has 5 rings (SSSR count). The summed E-state index contributed by atoms with van der Waals surface area (Å²) in [6, 6.07) is 12.5. The van der Waals surface area contributed by atoms with E-state index in [1.807, 2.05) is 42.2 Å². The van der Waals surface area contributed by atoms with Gasteiger partial charge in [0.2, 0.25) is 11.9 Å². The first-order valence-electron chi connectivity index (χ1n) is 9.57. The molecular weight excluding hydrogens is 338 g/mol. The molecule has 7 heteroatoms. The SMILES string of the molecule is Cn1nc(C2CC2)nc1NC1CCN(c2nccc(-c3ccccc3)n2)C1. The molecule has 1 N–H and O–H groups in total. The van der Waals surface area contributed by atoms with E-state index >= 15 is 0 Å². The van der Waals surface area contributed by atoms with Gasteiger partial charge < -0.3 is 10.2 Å². The predicted molar refractivity (Wildman–Crippen MR) is 105 cm³/mol. The van der Waals surface area contributed by atoms with E-state index < -0.39 is 0 Å². The molecule has 27 heavy (non-hydrogen) atoms. The zero-order chi connectivity index (χ0) is 18.2. The van der Waals surface area contributed by atoms with Crippen LogP contribution in [-0.4, -0.2) is 43.9 Å². The molecule has 138 valence electrons. The quantitative estimate of drug-likeness (QED) is 0.753. The van der Waals surface area contributed by atoms with Gasteiger partial charge in [0.05, 0.1) is 5.69 Å². The van der Waals surface area contributed by atoms with E-state index in [1.54, 1.807) is 0 Å². The first-order chi connectivity index (χ1) is 13.3. The lowest BCUT2D eigenvalue weighted by Gasteiger charge is -2.17. The van der Waals surface area contributed by atoms with E-state index in [9.17, 15) is 0 Å². The number of nitrogens with one attached hydrogen (secondary N) is 1. The van der Waals surface area contributed by atoms with E-state index in [-0.39, 0.29) is 0 Å². The Balaban J connectivity index is 1.28. The number of aromatic nitrogens is 5. The Morgan fingerprint density at radius 1 is 1.04 bits per heavy atom. The fraction of sp³-hybridized carbons (Fsp3) is 0.400. The molecular formula is C20H23N7. The fourth-order valence-electron chi connectivity index (χ4n) is 3.56. The molecule has 1 aliphatic heterocycles. The Morgan fingerprint density at radius 2 is 1.89 bits per heavy atom. The van der Waals surface area contributed by atoms with Crippen LogP contribution in [0.2, 0.25) is 0 Å². The van der Waals surface area contributed by atoms with E-state index in [0.717, 1.165) is 48.5 Å². The topological polar surface area (TPSA) is 71.8 Å². The smallest absolute Gasteiger partial charge is 0.225 e. The van der Waals surface area contributed by atoms with Crippen molar-refractivity contribution in [1.82, 2.24) is 24.7 Å². The van der Waals surface area contributed by atoms with Crippen molar-refractivity contribution in [3.63, 3.8) is 0 Å². The maximum absolute atomic E-state index is 4.77. The zero-order valence-corrected chi connectivity index (χ0v) is 15.4. The molecule has 1 atom stereocenters. The molecule has 3 aromatic rings. The third-order valence-corrected chi connectivity index (χ3v) is 5.24. The number of rotatable bonds is 5. The van der Waals surface area contributed by atoms with Gasteiger partial charge in [-0.05, 0) is 25.3 Å². The largest absolute Gasteiger partial charge is 0.350 e. The van der Waals surface area contributed by atoms with Crippen LogP contribution >= 0.6 is 0 Å². The molecule has 0 amide bonds. The minimum absolute atomic E-state index is 0.323. The van der Waals surface area contributed by atoms with Gasteiger partial charge in [0.1, 0.15) is 0 Å². The normalized spacial score (nSPS) is 19.4. The molecule has 1 unspecified atom stereocenters. The van der Waals surface area contributed by atoms with Gasteiger partial charge >= 0.3 is 0 Å². The lowest BCUT2D eigenvalue weighted by atomic mass is 10.1. The number of nitrogens with zero attached hydrogens (tertiary/aromatic N) is 6. The molecule has 3 heterocycles. The summed E-state index contributed by atoms with van der Waals surface area (Å²) in [5.74, 6) is 3.20. The van der Waals surface area contributed by atoms with Crippen LogP contribution in [0, 0.1) is 0 Å². The molecule has 1 aliphatic carbocycles. The number of benzene rings is 1. The van der Waals surface area contributed by atoms with Crippen molar-refractivity contribution in [3.05, 3.63) is 48.4 Å². The maximum atomic E-state index is 4.77. The average Bonchev–Trinajstić information content (AvgIpc) is 3.35. The number of anilines is 2. The minimum Gasteiger partial charge on any atom is -0.350 e. The van der Waals surface area contributed by atoms with Gasteiger partial charge in [-0.2, -0.15) is 10.1 Å². The molecule has 1 saturated carbocycles. The van der Waals surface area contributed by atoms with Crippen molar-refractivity contribution in [2.45, 2.75) is 31.2 Å². The minimum atomic E-state index is 0.323. The number of hydrogen-bond acceptors (Lipinski definition) is 6. The molecule has 7 nitrogen and oxygen atoms in total. The van der Waals surface area contributed by atoms with Crippen molar-refractivity contribution in [2.24, 2.45) is 7.05 Å². The van der Waals surface area contributed by atoms with Gasteiger partial charge in [-0.1, -0.05) is 30.3 Å². The molecule has 1 saturated heterocycles. The highest BCUT2D eigenvalue weighted by Gasteiger charge is 2.30. The summed E-state index contributed by atoms with van der Waals surface area (Å²) in [6.07, 6.45) is 5.31. The van der Waals surface area contributed by atoms with Crippen LogP contribution in [0.1, 0.15) is 31.0 Å². The van der Waals surface area contributed by atoms with Crippen molar-refractivity contribution in [1.29, 1.82) is 0 Å². The molecule has 2 fully saturated rings. The Morgan fingerprint density at radius 3 is 2.70 bits per heavy atom. The van der Waals surface area contributed by atoms with Crippen LogP contribution in [-0.2, 0) is 7.05 Å². The van der Waals surface area contributed by atoms with Crippen LogP contribution < -0.4 is 10.2 Å². The lowest BCUT2D eigenvalue weighted by molar-refractivity contribution is 0.721. The summed E-state index contributed by atoms with van der Waals surface area (Å²) in [6.45, 7) is 1.80. The Kier molecular flexibility index (Phi) is 3.99. The first kappa shape index (κ1) is 16.2. The second-order valence-corrected chi connectivity index (χ2v) is 7.38. The monoisotopic (exact) mass is 361 g/mol. The van der Waals surface area contributed by atoms with Crippen molar-refractivity contribution in [3.8, 4) is 11.3 Å². The molecule has 0 bridgehead atoms. The summed E-state index contributed by atoms with van der Waals surface area (Å²) in [5, 5.41) is 8.09. The molecule has 2 aromatic heterocycles. The van der Waals surface area contributed by atoms with Crippen LogP contribution in [0.4, 0.5) is 11.9 Å². The Hall–Kier alpha value is -2.96. The summed E-state index contributed by atoms with van der Waals surface area (Å²) in [4.78, 5) is 16.2. The van der Waals surface area contributed by atoms with Crippen LogP contribution in [0.3, 0.4) is 0 Å². The fourth-order valence-corrected chi connectivity index (χ4v) is 3.56. The van der Waals surface area contributed by atoms with Crippen LogP contribution in [0.5, 0.6) is 0 Å². The van der Waals surface area contributed by atoms with E-state index in [2.05, 4.69) is 37.4 Å². The van der Waals surface area contributed by atoms with Gasteiger partial charge in [-0.25, -0.2) is 14.6 Å². The standard InChI is InChI=1S/C20H23N7/c1-26-20(24-18(25-26)15-7-8-15)22-16-10-12-27(13-16)19-21-11-9-17(23-19)14-5-3-2-4-6-14/h2-6,9,11,15-16H,7-8,10,12-13H2,1H3,(H,22,24,25).